The van der Waals surface area contributed by atoms with Crippen molar-refractivity contribution < 1.29 is 13.9 Å². The molecule has 1 aromatic rings. The van der Waals surface area contributed by atoms with Gasteiger partial charge >= 0.3 is 0 Å². The summed E-state index contributed by atoms with van der Waals surface area (Å²) in [5.41, 5.74) is 5.82. The molecule has 0 saturated heterocycles. The minimum atomic E-state index is -0.767. The summed E-state index contributed by atoms with van der Waals surface area (Å²) >= 11 is 4.75. The summed E-state index contributed by atoms with van der Waals surface area (Å²) in [4.78, 5) is 11.7. The molecule has 4 nitrogen and oxygen atoms in total. The lowest BCUT2D eigenvalue weighted by Gasteiger charge is -2.15. The predicted octanol–water partition coefficient (Wildman–Crippen LogP) is 1.75. The Morgan fingerprint density at radius 1 is 1.58 bits per heavy atom. The van der Waals surface area contributed by atoms with E-state index in [0.717, 1.165) is 6.42 Å². The Morgan fingerprint density at radius 3 is 2.79 bits per heavy atom. The normalized spacial score (nSPS) is 11.7. The van der Waals surface area contributed by atoms with E-state index in [0.29, 0.717) is 12.1 Å². The second kappa shape index (κ2) is 7.04. The molecule has 0 aliphatic rings. The van der Waals surface area contributed by atoms with Crippen LogP contribution in [0.25, 0.3) is 0 Å². The Morgan fingerprint density at radius 2 is 2.26 bits per heavy atom. The third-order valence-electron chi connectivity index (χ3n) is 2.44. The van der Waals surface area contributed by atoms with Gasteiger partial charge in [0.05, 0.1) is 0 Å². The number of nitrogens with two attached hydrogens (primary N) is 1. The molecular weight excluding hydrogens is 267 g/mol. The van der Waals surface area contributed by atoms with Crippen molar-refractivity contribution in [1.29, 1.82) is 0 Å². The Labute approximate surface area is 117 Å². The van der Waals surface area contributed by atoms with Crippen LogP contribution in [-0.4, -0.2) is 23.5 Å². The second-order valence-electron chi connectivity index (χ2n) is 4.06. The van der Waals surface area contributed by atoms with Crippen LogP contribution >= 0.6 is 12.2 Å². The van der Waals surface area contributed by atoms with Crippen LogP contribution in [0, 0.1) is 5.82 Å². The topological polar surface area (TPSA) is 64.3 Å². The van der Waals surface area contributed by atoms with Gasteiger partial charge in [-0.1, -0.05) is 19.1 Å². The van der Waals surface area contributed by atoms with Gasteiger partial charge in [-0.2, -0.15) is 0 Å². The van der Waals surface area contributed by atoms with Gasteiger partial charge in [-0.25, -0.2) is 4.39 Å². The first-order valence-corrected chi connectivity index (χ1v) is 6.40. The number of hydrogen-bond acceptors (Lipinski definition) is 3. The number of ether oxygens (including phenoxy) is 1. The lowest BCUT2D eigenvalue weighted by Crippen LogP contribution is -2.36. The maximum atomic E-state index is 13.7. The van der Waals surface area contributed by atoms with Crippen LogP contribution in [0.4, 0.5) is 4.39 Å². The van der Waals surface area contributed by atoms with E-state index in [4.69, 9.17) is 22.7 Å². The van der Waals surface area contributed by atoms with Crippen molar-refractivity contribution in [1.82, 2.24) is 5.32 Å². The fourth-order valence-corrected chi connectivity index (χ4v) is 1.51. The highest BCUT2D eigenvalue weighted by Gasteiger charge is 2.16. The average Bonchev–Trinajstić information content (AvgIpc) is 2.37. The first-order chi connectivity index (χ1) is 8.95. The molecule has 6 heteroatoms. The average molecular weight is 284 g/mol. The summed E-state index contributed by atoms with van der Waals surface area (Å²) in [5.74, 6) is -0.876. The lowest BCUT2D eigenvalue weighted by atomic mass is 10.2. The van der Waals surface area contributed by atoms with E-state index in [1.807, 2.05) is 6.92 Å². The van der Waals surface area contributed by atoms with Crippen LogP contribution in [0.2, 0.25) is 0 Å². The molecule has 0 aromatic heterocycles. The SMILES string of the molecule is CCCNC(=O)C(C)Oc1ccc(C(N)=S)cc1F. The first-order valence-electron chi connectivity index (χ1n) is 5.99. The van der Waals surface area contributed by atoms with Crippen molar-refractivity contribution in [2.45, 2.75) is 26.4 Å². The number of rotatable bonds is 6. The summed E-state index contributed by atoms with van der Waals surface area (Å²) in [5, 5.41) is 2.67. The summed E-state index contributed by atoms with van der Waals surface area (Å²) in [6.45, 7) is 4.07. The summed E-state index contributed by atoms with van der Waals surface area (Å²) in [6, 6.07) is 4.15. The number of benzene rings is 1. The molecule has 0 aliphatic heterocycles. The van der Waals surface area contributed by atoms with Crippen LogP contribution in [0.15, 0.2) is 18.2 Å². The molecule has 0 fully saturated rings. The largest absolute Gasteiger partial charge is 0.478 e. The van der Waals surface area contributed by atoms with Crippen LogP contribution in [0.1, 0.15) is 25.8 Å². The zero-order valence-corrected chi connectivity index (χ0v) is 11.7. The Bertz CT molecular complexity index is 480. The molecule has 1 atom stereocenters. The molecule has 0 bridgehead atoms. The third-order valence-corrected chi connectivity index (χ3v) is 2.67. The van der Waals surface area contributed by atoms with E-state index in [9.17, 15) is 9.18 Å². The fraction of sp³-hybridized carbons (Fsp3) is 0.385. The van der Waals surface area contributed by atoms with Gasteiger partial charge in [0.15, 0.2) is 17.7 Å². The van der Waals surface area contributed by atoms with Gasteiger partial charge in [0.25, 0.3) is 5.91 Å². The highest BCUT2D eigenvalue weighted by molar-refractivity contribution is 7.80. The van der Waals surface area contributed by atoms with Crippen LogP contribution in [0.3, 0.4) is 0 Å². The Kier molecular flexibility index (Phi) is 5.69. The molecule has 1 aromatic carbocycles. The zero-order chi connectivity index (χ0) is 14.4. The van der Waals surface area contributed by atoms with E-state index < -0.39 is 11.9 Å². The standard InChI is InChI=1S/C13H17FN2O2S/c1-3-6-16-13(17)8(2)18-11-5-4-9(12(15)19)7-10(11)14/h4-5,7-8H,3,6H2,1-2H3,(H2,15,19)(H,16,17). The van der Waals surface area contributed by atoms with E-state index in [-0.39, 0.29) is 16.6 Å². The first kappa shape index (κ1) is 15.4. The monoisotopic (exact) mass is 284 g/mol. The van der Waals surface area contributed by atoms with Gasteiger partial charge in [0.2, 0.25) is 0 Å². The number of nitrogens with one attached hydrogen (secondary N) is 1. The molecule has 1 rings (SSSR count). The molecule has 0 radical (unpaired) electrons. The van der Waals surface area contributed by atoms with Crippen molar-refractivity contribution in [2.75, 3.05) is 6.54 Å². The van der Waals surface area contributed by atoms with Gasteiger partial charge in [-0.15, -0.1) is 0 Å². The van der Waals surface area contributed by atoms with E-state index in [1.54, 1.807) is 13.0 Å². The van der Waals surface area contributed by atoms with Gasteiger partial charge in [-0.3, -0.25) is 4.79 Å². The van der Waals surface area contributed by atoms with E-state index in [1.165, 1.54) is 12.1 Å². The minimum absolute atomic E-state index is 0.000788. The van der Waals surface area contributed by atoms with Gasteiger partial charge < -0.3 is 15.8 Å². The van der Waals surface area contributed by atoms with Gasteiger partial charge in [0.1, 0.15) is 4.99 Å². The highest BCUT2D eigenvalue weighted by Crippen LogP contribution is 2.19. The molecule has 104 valence electrons. The van der Waals surface area contributed by atoms with Crippen molar-refractivity contribution in [2.24, 2.45) is 5.73 Å². The van der Waals surface area contributed by atoms with Gasteiger partial charge in [-0.05, 0) is 31.5 Å². The van der Waals surface area contributed by atoms with Crippen molar-refractivity contribution in [3.8, 4) is 5.75 Å². The second-order valence-corrected chi connectivity index (χ2v) is 4.50. The summed E-state index contributed by atoms with van der Waals surface area (Å²) in [6.07, 6.45) is 0.0619. The number of carbonyl (C=O) groups is 1. The Hall–Kier alpha value is -1.69. The summed E-state index contributed by atoms with van der Waals surface area (Å²) in [7, 11) is 0. The maximum Gasteiger partial charge on any atom is 0.260 e. The molecule has 0 saturated carbocycles. The predicted molar refractivity (Wildman–Crippen MR) is 75.7 cm³/mol. The number of amides is 1. The van der Waals surface area contributed by atoms with Crippen LogP contribution in [-0.2, 0) is 4.79 Å². The molecule has 1 unspecified atom stereocenters. The quantitative estimate of drug-likeness (QED) is 0.781. The highest BCUT2D eigenvalue weighted by atomic mass is 32.1. The van der Waals surface area contributed by atoms with Crippen molar-refractivity contribution in [3.05, 3.63) is 29.6 Å². The molecule has 0 spiro atoms. The molecule has 3 N–H and O–H groups in total. The number of carbonyl (C=O) groups excluding carboxylic acids is 1. The lowest BCUT2D eigenvalue weighted by molar-refractivity contribution is -0.127. The molecule has 0 heterocycles. The van der Waals surface area contributed by atoms with Crippen molar-refractivity contribution >= 4 is 23.1 Å². The van der Waals surface area contributed by atoms with E-state index in [2.05, 4.69) is 5.32 Å². The Balaban J connectivity index is 2.71. The maximum absolute atomic E-state index is 13.7. The zero-order valence-electron chi connectivity index (χ0n) is 10.9. The number of hydrogen-bond donors (Lipinski definition) is 2. The van der Waals surface area contributed by atoms with Crippen LogP contribution in [0.5, 0.6) is 5.75 Å². The van der Waals surface area contributed by atoms with E-state index >= 15 is 0 Å². The molecule has 1 amide bonds. The third kappa shape index (κ3) is 4.48. The smallest absolute Gasteiger partial charge is 0.260 e. The van der Waals surface area contributed by atoms with Crippen molar-refractivity contribution in [3.63, 3.8) is 0 Å². The van der Waals surface area contributed by atoms with Crippen LogP contribution < -0.4 is 15.8 Å². The minimum Gasteiger partial charge on any atom is -0.478 e. The number of thiocarbonyl (C=S) groups is 1. The van der Waals surface area contributed by atoms with Gasteiger partial charge in [0, 0.05) is 12.1 Å². The fourth-order valence-electron chi connectivity index (χ4n) is 1.39. The molecule has 19 heavy (non-hydrogen) atoms. The summed E-state index contributed by atoms with van der Waals surface area (Å²) < 4.78 is 19.0. The molecule has 0 aliphatic carbocycles. The molecular formula is C13H17FN2O2S. The number of halogens is 1.